The number of benzene rings is 3. The van der Waals surface area contributed by atoms with Crippen LogP contribution >= 0.6 is 34.4 Å². The second-order valence-electron chi connectivity index (χ2n) is 7.35. The van der Waals surface area contributed by atoms with Crippen LogP contribution in [0, 0.1) is 17.1 Å². The third-order valence-electron chi connectivity index (χ3n) is 5.25. The van der Waals surface area contributed by atoms with Gasteiger partial charge in [0.05, 0.1) is 27.2 Å². The summed E-state index contributed by atoms with van der Waals surface area (Å²) in [7, 11) is 0. The Hall–Kier alpha value is -3.44. The molecule has 0 N–H and O–H groups in total. The second kappa shape index (κ2) is 8.16. The van der Waals surface area contributed by atoms with Crippen LogP contribution in [0.5, 0.6) is 0 Å². The number of thiophene rings is 1. The van der Waals surface area contributed by atoms with Gasteiger partial charge < -0.3 is 0 Å². The Morgan fingerprint density at radius 2 is 1.64 bits per heavy atom. The predicted molar refractivity (Wildman–Crippen MR) is 136 cm³/mol. The fourth-order valence-corrected chi connectivity index (χ4v) is 6.77. The van der Waals surface area contributed by atoms with E-state index in [1.54, 1.807) is 29.2 Å². The largest absolute Gasteiger partial charge is 0.300 e. The molecule has 0 amide bonds. The molecule has 0 unspecified atom stereocenters. The first-order valence-electron chi connectivity index (χ1n) is 10.1. The zero-order valence-electron chi connectivity index (χ0n) is 17.0. The van der Waals surface area contributed by atoms with Gasteiger partial charge in [-0.15, -0.1) is 22.7 Å². The van der Waals surface area contributed by atoms with Crippen molar-refractivity contribution in [2.45, 2.75) is 9.79 Å². The van der Waals surface area contributed by atoms with E-state index in [4.69, 9.17) is 0 Å². The van der Waals surface area contributed by atoms with E-state index in [-0.39, 0.29) is 5.82 Å². The van der Waals surface area contributed by atoms with Crippen LogP contribution < -0.4 is 4.90 Å². The minimum atomic E-state index is -0.302. The number of hydrogen-bond donors (Lipinski definition) is 0. The number of rotatable bonds is 3. The van der Waals surface area contributed by atoms with E-state index >= 15 is 0 Å². The average Bonchev–Trinajstić information content (AvgIpc) is 3.47. The highest BCUT2D eigenvalue weighted by Crippen LogP contribution is 2.52. The maximum Gasteiger partial charge on any atom is 0.135 e. The molecule has 0 spiro atoms. The Kier molecular flexibility index (Phi) is 4.99. The lowest BCUT2D eigenvalue weighted by Crippen LogP contribution is -2.13. The molecule has 0 fully saturated rings. The molecule has 3 heterocycles. The lowest BCUT2D eigenvalue weighted by atomic mass is 10.2. The van der Waals surface area contributed by atoms with Gasteiger partial charge in [-0.3, -0.25) is 4.90 Å². The molecule has 0 bridgehead atoms. The Morgan fingerprint density at radius 3 is 2.36 bits per heavy atom. The zero-order valence-corrected chi connectivity index (χ0v) is 19.5. The maximum atomic E-state index is 13.6. The molecule has 1 aliphatic heterocycles. The number of aromatic nitrogens is 1. The van der Waals surface area contributed by atoms with Gasteiger partial charge in [0, 0.05) is 14.7 Å². The Bertz CT molecular complexity index is 1550. The van der Waals surface area contributed by atoms with Crippen LogP contribution in [-0.2, 0) is 0 Å². The molecule has 33 heavy (non-hydrogen) atoms. The van der Waals surface area contributed by atoms with Crippen molar-refractivity contribution < 1.29 is 4.39 Å². The van der Waals surface area contributed by atoms with Crippen LogP contribution in [0.4, 0.5) is 20.8 Å². The number of halogens is 1. The van der Waals surface area contributed by atoms with E-state index in [2.05, 4.69) is 70.6 Å². The number of allylic oxidation sites excluding steroid dienone is 1. The molecule has 5 aromatic rings. The molecular weight excluding hydrogens is 470 g/mol. The van der Waals surface area contributed by atoms with E-state index in [0.29, 0.717) is 16.1 Å². The van der Waals surface area contributed by atoms with Crippen molar-refractivity contribution in [2.24, 2.45) is 0 Å². The molecule has 0 saturated heterocycles. The fourth-order valence-electron chi connectivity index (χ4n) is 3.78. The van der Waals surface area contributed by atoms with Crippen molar-refractivity contribution in [3.63, 3.8) is 0 Å². The first-order valence-corrected chi connectivity index (χ1v) is 12.6. The van der Waals surface area contributed by atoms with E-state index in [1.807, 2.05) is 12.1 Å². The third kappa shape index (κ3) is 3.62. The number of nitrogens with zero attached hydrogens (tertiary/aromatic N) is 3. The number of fused-ring (bicyclic) bond motifs is 3. The van der Waals surface area contributed by atoms with Gasteiger partial charge >= 0.3 is 0 Å². The Balaban J connectivity index is 1.41. The van der Waals surface area contributed by atoms with Crippen LogP contribution in [0.25, 0.3) is 21.9 Å². The van der Waals surface area contributed by atoms with Gasteiger partial charge in [0.1, 0.15) is 21.9 Å². The summed E-state index contributed by atoms with van der Waals surface area (Å²) in [6, 6.07) is 27.6. The number of thiazole rings is 1. The molecule has 2 aromatic heterocycles. The number of hydrogen-bond acceptors (Lipinski definition) is 6. The van der Waals surface area contributed by atoms with Gasteiger partial charge in [0.25, 0.3) is 0 Å². The Labute approximate surface area is 202 Å². The van der Waals surface area contributed by atoms with Gasteiger partial charge in [-0.2, -0.15) is 5.26 Å². The summed E-state index contributed by atoms with van der Waals surface area (Å²) in [4.78, 5) is 10.2. The van der Waals surface area contributed by atoms with Gasteiger partial charge in [-0.05, 0) is 60.7 Å². The number of anilines is 3. The lowest BCUT2D eigenvalue weighted by Gasteiger charge is -2.31. The van der Waals surface area contributed by atoms with Crippen molar-refractivity contribution in [1.29, 1.82) is 5.26 Å². The maximum absolute atomic E-state index is 13.6. The monoisotopic (exact) mass is 483 g/mol. The molecule has 0 radical (unpaired) electrons. The summed E-state index contributed by atoms with van der Waals surface area (Å²) in [6.07, 6.45) is 1.86. The van der Waals surface area contributed by atoms with Crippen LogP contribution in [0.2, 0.25) is 0 Å². The first kappa shape index (κ1) is 20.2. The lowest BCUT2D eigenvalue weighted by molar-refractivity contribution is 0.630. The molecule has 7 heteroatoms. The summed E-state index contributed by atoms with van der Waals surface area (Å²) in [6.45, 7) is 0. The normalized spacial score (nSPS) is 13.0. The van der Waals surface area contributed by atoms with E-state index in [0.717, 1.165) is 26.0 Å². The first-order chi connectivity index (χ1) is 16.2. The highest BCUT2D eigenvalue weighted by atomic mass is 32.2. The van der Waals surface area contributed by atoms with Crippen molar-refractivity contribution in [1.82, 2.24) is 4.98 Å². The Morgan fingerprint density at radius 1 is 0.909 bits per heavy atom. The van der Waals surface area contributed by atoms with E-state index < -0.39 is 0 Å². The van der Waals surface area contributed by atoms with Crippen LogP contribution in [0.15, 0.2) is 88.7 Å². The molecule has 158 valence electrons. The van der Waals surface area contributed by atoms with Gasteiger partial charge in [-0.25, -0.2) is 9.37 Å². The standard InChI is InChI=1S/C26H14FN3S3/c27-17-9-11-19-24(14-17)33-26(29-19)16(15-28)13-18-10-12-25(31-18)30-20-5-1-3-7-22(20)32-23-8-4-2-6-21(23)30/h1-14H/b16-13+. The van der Waals surface area contributed by atoms with Gasteiger partial charge in [0.15, 0.2) is 0 Å². The highest BCUT2D eigenvalue weighted by molar-refractivity contribution is 7.99. The van der Waals surface area contributed by atoms with Gasteiger partial charge in [-0.1, -0.05) is 36.0 Å². The molecule has 0 saturated carbocycles. The summed E-state index contributed by atoms with van der Waals surface area (Å²) in [5.74, 6) is -0.302. The van der Waals surface area contributed by atoms with Crippen LogP contribution in [-0.4, -0.2) is 4.98 Å². The van der Waals surface area contributed by atoms with Crippen molar-refractivity contribution in [3.05, 3.63) is 94.6 Å². The highest BCUT2D eigenvalue weighted by Gasteiger charge is 2.25. The zero-order chi connectivity index (χ0) is 22.4. The third-order valence-corrected chi connectivity index (χ3v) is 8.45. The average molecular weight is 484 g/mol. The number of para-hydroxylation sites is 2. The molecule has 0 aliphatic carbocycles. The molecule has 1 aliphatic rings. The quantitative estimate of drug-likeness (QED) is 0.237. The van der Waals surface area contributed by atoms with Crippen LogP contribution in [0.1, 0.15) is 9.88 Å². The number of nitriles is 1. The predicted octanol–water partition coefficient (Wildman–Crippen LogP) is 8.50. The topological polar surface area (TPSA) is 39.9 Å². The summed E-state index contributed by atoms with van der Waals surface area (Å²) in [5, 5.41) is 11.5. The molecule has 3 aromatic carbocycles. The summed E-state index contributed by atoms with van der Waals surface area (Å²) < 4.78 is 14.3. The van der Waals surface area contributed by atoms with E-state index in [9.17, 15) is 9.65 Å². The minimum Gasteiger partial charge on any atom is -0.300 e. The van der Waals surface area contributed by atoms with Crippen LogP contribution in [0.3, 0.4) is 0 Å². The SMILES string of the molecule is N#C/C(=C\c1ccc(N2c3ccccc3Sc3ccccc32)s1)c1nc2ccc(F)cc2s1. The van der Waals surface area contributed by atoms with Crippen molar-refractivity contribution >= 4 is 72.7 Å². The van der Waals surface area contributed by atoms with Gasteiger partial charge in [0.2, 0.25) is 0 Å². The summed E-state index contributed by atoms with van der Waals surface area (Å²) >= 11 is 4.73. The second-order valence-corrected chi connectivity index (χ2v) is 10.6. The molecule has 6 rings (SSSR count). The molecular formula is C26H14FN3S3. The van der Waals surface area contributed by atoms with Crippen molar-refractivity contribution in [3.8, 4) is 6.07 Å². The summed E-state index contributed by atoms with van der Waals surface area (Å²) in [5.41, 5.74) is 3.46. The minimum absolute atomic E-state index is 0.302. The van der Waals surface area contributed by atoms with Crippen molar-refractivity contribution in [2.75, 3.05) is 4.90 Å². The fraction of sp³-hybridized carbons (Fsp3) is 0. The molecule has 0 atom stereocenters. The smallest absolute Gasteiger partial charge is 0.135 e. The molecule has 3 nitrogen and oxygen atoms in total. The van der Waals surface area contributed by atoms with E-state index in [1.165, 1.54) is 33.3 Å².